The maximum absolute atomic E-state index is 4.10. The van der Waals surface area contributed by atoms with Gasteiger partial charge in [0, 0.05) is 37.4 Å². The van der Waals surface area contributed by atoms with E-state index in [-0.39, 0.29) is 0 Å². The van der Waals surface area contributed by atoms with Crippen molar-refractivity contribution in [3.63, 3.8) is 0 Å². The zero-order valence-electron chi connectivity index (χ0n) is 8.70. The summed E-state index contributed by atoms with van der Waals surface area (Å²) in [6.07, 6.45) is 5.47. The van der Waals surface area contributed by atoms with Crippen molar-refractivity contribution >= 4 is 0 Å². The van der Waals surface area contributed by atoms with Crippen LogP contribution in [0.5, 0.6) is 0 Å². The largest absolute Gasteiger partial charge is 0.307 e. The highest BCUT2D eigenvalue weighted by Crippen LogP contribution is 2.04. The third kappa shape index (κ3) is 2.63. The number of H-pyrrole nitrogens is 1. The Morgan fingerprint density at radius 2 is 2.20 bits per heavy atom. The Balaban J connectivity index is 1.86. The first-order valence-electron chi connectivity index (χ1n) is 4.95. The topological polar surface area (TPSA) is 53.6 Å². The smallest absolute Gasteiger partial charge is 0.0490 e. The van der Waals surface area contributed by atoms with Gasteiger partial charge in [0.15, 0.2) is 0 Å². The fraction of sp³-hybridized carbons (Fsp3) is 0.273. The first kappa shape index (κ1) is 9.86. The lowest BCUT2D eigenvalue weighted by Crippen LogP contribution is -2.13. The molecule has 15 heavy (non-hydrogen) atoms. The molecule has 0 aliphatic carbocycles. The van der Waals surface area contributed by atoms with E-state index in [2.05, 4.69) is 27.4 Å². The van der Waals surface area contributed by atoms with Crippen LogP contribution in [-0.2, 0) is 13.1 Å². The van der Waals surface area contributed by atoms with Crippen LogP contribution in [0.1, 0.15) is 16.8 Å². The predicted octanol–water partition coefficient (Wildman–Crippen LogP) is 1.40. The van der Waals surface area contributed by atoms with Gasteiger partial charge in [-0.25, -0.2) is 0 Å². The van der Waals surface area contributed by atoms with E-state index in [1.807, 2.05) is 24.5 Å². The van der Waals surface area contributed by atoms with Gasteiger partial charge in [0.05, 0.1) is 0 Å². The van der Waals surface area contributed by atoms with E-state index in [1.54, 1.807) is 6.20 Å². The summed E-state index contributed by atoms with van der Waals surface area (Å²) < 4.78 is 0. The molecule has 0 fully saturated rings. The molecule has 78 valence electrons. The minimum atomic E-state index is 0.800. The Morgan fingerprint density at radius 1 is 1.27 bits per heavy atom. The SMILES string of the molecule is Cc1ccncc1CNCc1ccn[nH]1. The molecule has 0 saturated heterocycles. The van der Waals surface area contributed by atoms with Crippen molar-refractivity contribution in [1.82, 2.24) is 20.5 Å². The number of aryl methyl sites for hydroxylation is 1. The Bertz CT molecular complexity index is 408. The van der Waals surface area contributed by atoms with Crippen molar-refractivity contribution < 1.29 is 0 Å². The number of aromatic amines is 1. The fourth-order valence-corrected chi connectivity index (χ4v) is 1.40. The average Bonchev–Trinajstić information content (AvgIpc) is 2.74. The molecule has 0 spiro atoms. The standard InChI is InChI=1S/C11H14N4/c1-9-2-4-12-6-10(9)7-13-8-11-3-5-14-15-11/h2-6,13H,7-8H2,1H3,(H,14,15). The summed E-state index contributed by atoms with van der Waals surface area (Å²) in [6.45, 7) is 3.72. The van der Waals surface area contributed by atoms with Crippen molar-refractivity contribution in [2.24, 2.45) is 0 Å². The summed E-state index contributed by atoms with van der Waals surface area (Å²) in [5, 5.41) is 10.1. The molecule has 0 aliphatic rings. The van der Waals surface area contributed by atoms with Crippen molar-refractivity contribution in [3.8, 4) is 0 Å². The van der Waals surface area contributed by atoms with Crippen LogP contribution in [0.2, 0.25) is 0 Å². The predicted molar refractivity (Wildman–Crippen MR) is 58.1 cm³/mol. The zero-order chi connectivity index (χ0) is 10.5. The van der Waals surface area contributed by atoms with Crippen LogP contribution in [0, 0.1) is 6.92 Å². The normalized spacial score (nSPS) is 10.5. The summed E-state index contributed by atoms with van der Waals surface area (Å²) in [5.41, 5.74) is 3.59. The summed E-state index contributed by atoms with van der Waals surface area (Å²) in [7, 11) is 0. The first-order valence-corrected chi connectivity index (χ1v) is 4.95. The molecule has 2 rings (SSSR count). The monoisotopic (exact) mass is 202 g/mol. The fourth-order valence-electron chi connectivity index (χ4n) is 1.40. The molecule has 2 N–H and O–H groups in total. The van der Waals surface area contributed by atoms with Crippen molar-refractivity contribution in [2.45, 2.75) is 20.0 Å². The molecular weight excluding hydrogens is 188 g/mol. The first-order chi connectivity index (χ1) is 7.36. The minimum absolute atomic E-state index is 0.800. The second kappa shape index (κ2) is 4.70. The summed E-state index contributed by atoms with van der Waals surface area (Å²) in [6, 6.07) is 3.98. The molecule has 0 unspecified atom stereocenters. The summed E-state index contributed by atoms with van der Waals surface area (Å²) in [5.74, 6) is 0. The third-order valence-corrected chi connectivity index (χ3v) is 2.34. The van der Waals surface area contributed by atoms with E-state index < -0.39 is 0 Å². The highest BCUT2D eigenvalue weighted by molar-refractivity contribution is 5.21. The van der Waals surface area contributed by atoms with Gasteiger partial charge in [0.1, 0.15) is 0 Å². The number of pyridine rings is 1. The van der Waals surface area contributed by atoms with Gasteiger partial charge in [-0.15, -0.1) is 0 Å². The number of rotatable bonds is 4. The second-order valence-corrected chi connectivity index (χ2v) is 3.49. The van der Waals surface area contributed by atoms with Gasteiger partial charge in [-0.3, -0.25) is 10.1 Å². The van der Waals surface area contributed by atoms with Crippen LogP contribution >= 0.6 is 0 Å². The van der Waals surface area contributed by atoms with Gasteiger partial charge in [0.25, 0.3) is 0 Å². The zero-order valence-corrected chi connectivity index (χ0v) is 8.70. The molecule has 0 aromatic carbocycles. The number of aromatic nitrogens is 3. The van der Waals surface area contributed by atoms with Crippen LogP contribution in [0.3, 0.4) is 0 Å². The number of hydrogen-bond acceptors (Lipinski definition) is 3. The van der Waals surface area contributed by atoms with E-state index in [9.17, 15) is 0 Å². The molecular formula is C11H14N4. The molecule has 2 aromatic heterocycles. The lowest BCUT2D eigenvalue weighted by Gasteiger charge is -2.05. The molecule has 0 amide bonds. The van der Waals surface area contributed by atoms with Gasteiger partial charge in [-0.2, -0.15) is 5.10 Å². The Hall–Kier alpha value is -1.68. The average molecular weight is 202 g/mol. The van der Waals surface area contributed by atoms with Gasteiger partial charge >= 0.3 is 0 Å². The van der Waals surface area contributed by atoms with Crippen LogP contribution in [0.4, 0.5) is 0 Å². The molecule has 2 heterocycles. The Kier molecular flexibility index (Phi) is 3.09. The van der Waals surface area contributed by atoms with Crippen LogP contribution in [-0.4, -0.2) is 15.2 Å². The molecule has 0 bridgehead atoms. The lowest BCUT2D eigenvalue weighted by molar-refractivity contribution is 0.673. The molecule has 2 aromatic rings. The minimum Gasteiger partial charge on any atom is -0.307 e. The number of nitrogens with zero attached hydrogens (tertiary/aromatic N) is 2. The van der Waals surface area contributed by atoms with Gasteiger partial charge in [-0.05, 0) is 30.2 Å². The number of hydrogen-bond donors (Lipinski definition) is 2. The maximum Gasteiger partial charge on any atom is 0.0490 e. The van der Waals surface area contributed by atoms with Gasteiger partial charge in [-0.1, -0.05) is 0 Å². The highest BCUT2D eigenvalue weighted by atomic mass is 15.1. The number of nitrogens with one attached hydrogen (secondary N) is 2. The van der Waals surface area contributed by atoms with E-state index in [0.717, 1.165) is 18.8 Å². The molecule has 4 heteroatoms. The summed E-state index contributed by atoms with van der Waals surface area (Å²) in [4.78, 5) is 4.10. The van der Waals surface area contributed by atoms with Crippen molar-refractivity contribution in [3.05, 3.63) is 47.5 Å². The maximum atomic E-state index is 4.10. The van der Waals surface area contributed by atoms with Crippen LogP contribution < -0.4 is 5.32 Å². The molecule has 0 saturated carbocycles. The Morgan fingerprint density at radius 3 is 2.93 bits per heavy atom. The van der Waals surface area contributed by atoms with Crippen molar-refractivity contribution in [1.29, 1.82) is 0 Å². The molecule has 0 atom stereocenters. The van der Waals surface area contributed by atoms with Crippen LogP contribution in [0.25, 0.3) is 0 Å². The molecule has 4 nitrogen and oxygen atoms in total. The summed E-state index contributed by atoms with van der Waals surface area (Å²) >= 11 is 0. The quantitative estimate of drug-likeness (QED) is 0.788. The van der Waals surface area contributed by atoms with Gasteiger partial charge in [0.2, 0.25) is 0 Å². The third-order valence-electron chi connectivity index (χ3n) is 2.34. The van der Waals surface area contributed by atoms with E-state index >= 15 is 0 Å². The lowest BCUT2D eigenvalue weighted by atomic mass is 10.1. The van der Waals surface area contributed by atoms with E-state index in [1.165, 1.54) is 11.1 Å². The van der Waals surface area contributed by atoms with E-state index in [4.69, 9.17) is 0 Å². The molecule has 0 aliphatic heterocycles. The Labute approximate surface area is 88.8 Å². The van der Waals surface area contributed by atoms with Gasteiger partial charge < -0.3 is 5.32 Å². The van der Waals surface area contributed by atoms with Crippen LogP contribution in [0.15, 0.2) is 30.7 Å². The second-order valence-electron chi connectivity index (χ2n) is 3.49. The van der Waals surface area contributed by atoms with Crippen molar-refractivity contribution in [2.75, 3.05) is 0 Å². The van der Waals surface area contributed by atoms with E-state index in [0.29, 0.717) is 0 Å². The molecule has 0 radical (unpaired) electrons. The highest BCUT2D eigenvalue weighted by Gasteiger charge is 1.97.